The molecule has 5 nitrogen and oxygen atoms in total. The van der Waals surface area contributed by atoms with E-state index < -0.39 is 34.3 Å². The van der Waals surface area contributed by atoms with Gasteiger partial charge in [-0.15, -0.1) is 0 Å². The van der Waals surface area contributed by atoms with Crippen LogP contribution in [0.3, 0.4) is 0 Å². The minimum Gasteiger partial charge on any atom is -0.504 e. The average molecular weight is 469 g/mol. The van der Waals surface area contributed by atoms with Gasteiger partial charge >= 0.3 is 0 Å². The normalized spacial score (nSPS) is 10.6. The van der Waals surface area contributed by atoms with Crippen LogP contribution < -0.4 is 10.6 Å². The number of aromatic hydroxyl groups is 1. The highest BCUT2D eigenvalue weighted by molar-refractivity contribution is 5.78. The van der Waals surface area contributed by atoms with Crippen LogP contribution in [0.4, 0.5) is 24.8 Å². The minimum absolute atomic E-state index is 0.000425. The van der Waals surface area contributed by atoms with Crippen molar-refractivity contribution in [3.8, 4) is 28.0 Å². The highest BCUT2D eigenvalue weighted by Gasteiger charge is 2.27. The van der Waals surface area contributed by atoms with E-state index in [4.69, 9.17) is 0 Å². The molecule has 2 aromatic heterocycles. The lowest BCUT2D eigenvalue weighted by atomic mass is 9.98. The molecule has 0 aliphatic heterocycles. The topological polar surface area (TPSA) is 70.1 Å². The van der Waals surface area contributed by atoms with Crippen molar-refractivity contribution in [2.45, 2.75) is 27.7 Å². The number of nitrogens with zero attached hydrogens (tertiary/aromatic N) is 2. The maximum absolute atomic E-state index is 15.0. The zero-order valence-corrected chi connectivity index (χ0v) is 19.5. The quantitative estimate of drug-likeness (QED) is 0.254. The Hall–Kier alpha value is -3.81. The SMILES string of the molecule is CC(C)=CCNc1ccc(-c2c(O)c(F)c(-c3ccc(NCC=C(C)C)nc3)c(F)c2F)cn1. The molecule has 0 bridgehead atoms. The molecule has 0 aliphatic rings. The summed E-state index contributed by atoms with van der Waals surface area (Å²) in [5, 5.41) is 16.5. The number of pyridine rings is 2. The fraction of sp³-hybridized carbons (Fsp3) is 0.231. The third-order valence-corrected chi connectivity index (χ3v) is 4.99. The average Bonchev–Trinajstić information content (AvgIpc) is 2.79. The number of hydrogen-bond acceptors (Lipinski definition) is 5. The maximum Gasteiger partial charge on any atom is 0.176 e. The van der Waals surface area contributed by atoms with E-state index in [0.29, 0.717) is 24.7 Å². The number of phenolic OH excluding ortho intramolecular Hbond substituents is 1. The number of phenols is 1. The van der Waals surface area contributed by atoms with Crippen molar-refractivity contribution in [3.05, 3.63) is 77.4 Å². The third-order valence-electron chi connectivity index (χ3n) is 4.99. The van der Waals surface area contributed by atoms with Crippen molar-refractivity contribution < 1.29 is 18.3 Å². The molecule has 0 spiro atoms. The van der Waals surface area contributed by atoms with E-state index in [-0.39, 0.29) is 11.1 Å². The van der Waals surface area contributed by atoms with Gasteiger partial charge < -0.3 is 15.7 Å². The molecule has 8 heteroatoms. The predicted octanol–water partition coefficient (Wildman–Crippen LogP) is 6.69. The maximum atomic E-state index is 15.0. The molecule has 34 heavy (non-hydrogen) atoms. The molecule has 0 aliphatic carbocycles. The van der Waals surface area contributed by atoms with Crippen molar-refractivity contribution in [2.24, 2.45) is 0 Å². The Labute approximate surface area is 197 Å². The molecule has 0 saturated heterocycles. The molecular formula is C26H27F3N4O. The monoisotopic (exact) mass is 468 g/mol. The summed E-state index contributed by atoms with van der Waals surface area (Å²) in [5.74, 6) is -4.05. The number of rotatable bonds is 8. The van der Waals surface area contributed by atoms with Crippen LogP contribution in [0, 0.1) is 17.5 Å². The smallest absolute Gasteiger partial charge is 0.176 e. The van der Waals surface area contributed by atoms with E-state index in [2.05, 4.69) is 20.6 Å². The van der Waals surface area contributed by atoms with Gasteiger partial charge in [-0.25, -0.2) is 23.1 Å². The number of hydrogen-bond donors (Lipinski definition) is 3. The van der Waals surface area contributed by atoms with E-state index in [1.807, 2.05) is 39.8 Å². The standard InChI is InChI=1S/C26H27F3N4O/c1-15(2)9-11-30-19-7-5-17(13-32-19)21-23(27)24(28)22(26(34)25(21)29)18-6-8-20(33-14-18)31-12-10-16(3)4/h5-10,13-14,34H,11-12H2,1-4H3,(H,30,32)(H,31,33). The van der Waals surface area contributed by atoms with Crippen LogP contribution in [0.15, 0.2) is 60.0 Å². The van der Waals surface area contributed by atoms with Crippen LogP contribution in [0.2, 0.25) is 0 Å². The summed E-state index contributed by atoms with van der Waals surface area (Å²) in [6.07, 6.45) is 6.39. The van der Waals surface area contributed by atoms with Gasteiger partial charge in [0.05, 0.1) is 11.1 Å². The predicted molar refractivity (Wildman–Crippen MR) is 130 cm³/mol. The van der Waals surface area contributed by atoms with Crippen LogP contribution in [-0.4, -0.2) is 28.2 Å². The molecule has 2 heterocycles. The largest absolute Gasteiger partial charge is 0.504 e. The number of halogens is 3. The Morgan fingerprint density at radius 2 is 1.18 bits per heavy atom. The Morgan fingerprint density at radius 1 is 0.735 bits per heavy atom. The van der Waals surface area contributed by atoms with E-state index in [1.54, 1.807) is 6.07 Å². The fourth-order valence-corrected chi connectivity index (χ4v) is 3.18. The first-order valence-corrected chi connectivity index (χ1v) is 10.8. The first-order valence-electron chi connectivity index (χ1n) is 10.8. The second-order valence-electron chi connectivity index (χ2n) is 8.23. The molecule has 0 atom stereocenters. The first kappa shape index (κ1) is 24.8. The number of anilines is 2. The van der Waals surface area contributed by atoms with E-state index in [1.165, 1.54) is 30.6 Å². The molecule has 3 N–H and O–H groups in total. The molecule has 0 amide bonds. The highest BCUT2D eigenvalue weighted by Crippen LogP contribution is 2.41. The zero-order chi connectivity index (χ0) is 24.8. The van der Waals surface area contributed by atoms with Crippen LogP contribution in [0.5, 0.6) is 5.75 Å². The summed E-state index contributed by atoms with van der Waals surface area (Å²) in [5.41, 5.74) is 1.03. The third kappa shape index (κ3) is 5.75. The lowest BCUT2D eigenvalue weighted by Crippen LogP contribution is -2.03. The molecular weight excluding hydrogens is 441 g/mol. The summed E-state index contributed by atoms with van der Waals surface area (Å²) in [6, 6.07) is 5.91. The van der Waals surface area contributed by atoms with E-state index in [0.717, 1.165) is 11.1 Å². The molecule has 0 fully saturated rings. The van der Waals surface area contributed by atoms with Gasteiger partial charge in [-0.1, -0.05) is 23.3 Å². The number of nitrogens with one attached hydrogen (secondary N) is 2. The summed E-state index contributed by atoms with van der Waals surface area (Å²) in [6.45, 7) is 8.93. The van der Waals surface area contributed by atoms with Gasteiger partial charge in [0.15, 0.2) is 23.2 Å². The van der Waals surface area contributed by atoms with Crippen LogP contribution >= 0.6 is 0 Å². The second kappa shape index (κ2) is 10.9. The van der Waals surface area contributed by atoms with E-state index >= 15 is 4.39 Å². The van der Waals surface area contributed by atoms with Crippen LogP contribution in [0.1, 0.15) is 27.7 Å². The zero-order valence-electron chi connectivity index (χ0n) is 19.5. The van der Waals surface area contributed by atoms with Gasteiger partial charge in [0.1, 0.15) is 11.6 Å². The lowest BCUT2D eigenvalue weighted by Gasteiger charge is -2.14. The van der Waals surface area contributed by atoms with Gasteiger partial charge in [-0.3, -0.25) is 0 Å². The number of benzene rings is 1. The summed E-state index contributed by atoms with van der Waals surface area (Å²) in [4.78, 5) is 8.26. The number of allylic oxidation sites excluding steroid dienone is 2. The van der Waals surface area contributed by atoms with Crippen LogP contribution in [0.25, 0.3) is 22.3 Å². The van der Waals surface area contributed by atoms with Crippen molar-refractivity contribution in [1.82, 2.24) is 9.97 Å². The summed E-state index contributed by atoms with van der Waals surface area (Å²) >= 11 is 0. The molecule has 0 unspecified atom stereocenters. The lowest BCUT2D eigenvalue weighted by molar-refractivity contribution is 0.419. The van der Waals surface area contributed by atoms with Gasteiger partial charge in [0, 0.05) is 36.6 Å². The highest BCUT2D eigenvalue weighted by atomic mass is 19.2. The Balaban J connectivity index is 1.90. The summed E-state index contributed by atoms with van der Waals surface area (Å²) in [7, 11) is 0. The first-order chi connectivity index (χ1) is 16.2. The van der Waals surface area contributed by atoms with Gasteiger partial charge in [0.25, 0.3) is 0 Å². The van der Waals surface area contributed by atoms with Crippen LogP contribution in [-0.2, 0) is 0 Å². The number of aromatic nitrogens is 2. The van der Waals surface area contributed by atoms with Gasteiger partial charge in [0.2, 0.25) is 0 Å². The van der Waals surface area contributed by atoms with Crippen molar-refractivity contribution in [1.29, 1.82) is 0 Å². The van der Waals surface area contributed by atoms with Crippen molar-refractivity contribution in [2.75, 3.05) is 23.7 Å². The Kier molecular flexibility index (Phi) is 7.94. The molecule has 1 aromatic carbocycles. The van der Waals surface area contributed by atoms with Gasteiger partial charge in [-0.2, -0.15) is 0 Å². The molecule has 0 radical (unpaired) electrons. The molecule has 3 rings (SSSR count). The fourth-order valence-electron chi connectivity index (χ4n) is 3.18. The Morgan fingerprint density at radius 3 is 1.59 bits per heavy atom. The van der Waals surface area contributed by atoms with Crippen molar-refractivity contribution in [3.63, 3.8) is 0 Å². The van der Waals surface area contributed by atoms with E-state index in [9.17, 15) is 13.9 Å². The Bertz CT molecular complexity index is 1090. The van der Waals surface area contributed by atoms with Crippen molar-refractivity contribution >= 4 is 11.6 Å². The summed E-state index contributed by atoms with van der Waals surface area (Å²) < 4.78 is 45.0. The molecule has 3 aromatic rings. The second-order valence-corrected chi connectivity index (χ2v) is 8.23. The minimum atomic E-state index is -1.41. The molecule has 178 valence electrons. The molecule has 0 saturated carbocycles. The van der Waals surface area contributed by atoms with Gasteiger partial charge in [-0.05, 0) is 52.0 Å².